The molecule has 2 N–H and O–H groups in total. The number of hydrogen-bond donors (Lipinski definition) is 1. The summed E-state index contributed by atoms with van der Waals surface area (Å²) >= 11 is 0. The van der Waals surface area contributed by atoms with Gasteiger partial charge in [-0.2, -0.15) is 10.1 Å². The van der Waals surface area contributed by atoms with E-state index in [1.54, 1.807) is 6.07 Å². The number of nitrogens with zero attached hydrogens (tertiary/aromatic N) is 5. The maximum Gasteiger partial charge on any atom is 0.267 e. The van der Waals surface area contributed by atoms with E-state index in [9.17, 15) is 4.79 Å². The summed E-state index contributed by atoms with van der Waals surface area (Å²) in [4.78, 5) is 22.8. The standard InChI is InChI=1S/C19H22N6O/c1-12(2)25-15(26)11-10-14(23-25)16-17(13-8-6-5-7-9-13)21-19(20)22-18(16)24(3)4/h5-12H,1-4H3,(H2,20,21,22). The molecule has 3 rings (SSSR count). The molecule has 0 bridgehead atoms. The molecule has 0 atom stereocenters. The van der Waals surface area contributed by atoms with Crippen LogP contribution in [0.4, 0.5) is 11.8 Å². The van der Waals surface area contributed by atoms with Gasteiger partial charge >= 0.3 is 0 Å². The molecule has 1 aromatic carbocycles. The largest absolute Gasteiger partial charge is 0.368 e. The average molecular weight is 350 g/mol. The van der Waals surface area contributed by atoms with E-state index < -0.39 is 0 Å². The second kappa shape index (κ2) is 6.95. The number of rotatable bonds is 4. The Labute approximate surface area is 152 Å². The minimum absolute atomic E-state index is 0.0554. The Hall–Kier alpha value is -3.22. The Morgan fingerprint density at radius 3 is 2.35 bits per heavy atom. The quantitative estimate of drug-likeness (QED) is 0.778. The van der Waals surface area contributed by atoms with Gasteiger partial charge in [-0.25, -0.2) is 9.67 Å². The first-order valence-corrected chi connectivity index (χ1v) is 8.39. The van der Waals surface area contributed by atoms with Crippen LogP contribution in [-0.2, 0) is 0 Å². The summed E-state index contributed by atoms with van der Waals surface area (Å²) in [5.41, 5.74) is 8.77. The summed E-state index contributed by atoms with van der Waals surface area (Å²) in [7, 11) is 3.77. The number of hydrogen-bond acceptors (Lipinski definition) is 6. The van der Waals surface area contributed by atoms with Gasteiger partial charge < -0.3 is 10.6 Å². The third kappa shape index (κ3) is 3.28. The van der Waals surface area contributed by atoms with Crippen molar-refractivity contribution in [3.8, 4) is 22.5 Å². The van der Waals surface area contributed by atoms with Crippen molar-refractivity contribution in [3.63, 3.8) is 0 Å². The zero-order valence-corrected chi connectivity index (χ0v) is 15.3. The van der Waals surface area contributed by atoms with E-state index in [0.29, 0.717) is 17.2 Å². The van der Waals surface area contributed by atoms with Gasteiger partial charge in [0.1, 0.15) is 5.82 Å². The highest BCUT2D eigenvalue weighted by atomic mass is 16.1. The summed E-state index contributed by atoms with van der Waals surface area (Å²) in [6.07, 6.45) is 0. The maximum absolute atomic E-state index is 12.1. The van der Waals surface area contributed by atoms with Gasteiger partial charge in [0, 0.05) is 25.7 Å². The fraction of sp³-hybridized carbons (Fsp3) is 0.263. The topological polar surface area (TPSA) is 89.9 Å². The molecule has 0 saturated carbocycles. The molecule has 134 valence electrons. The Morgan fingerprint density at radius 1 is 1.04 bits per heavy atom. The predicted octanol–water partition coefficient (Wildman–Crippen LogP) is 2.60. The molecule has 0 aliphatic heterocycles. The minimum Gasteiger partial charge on any atom is -0.368 e. The predicted molar refractivity (Wildman–Crippen MR) is 104 cm³/mol. The van der Waals surface area contributed by atoms with Gasteiger partial charge in [0.15, 0.2) is 0 Å². The van der Waals surface area contributed by atoms with Crippen molar-refractivity contribution in [2.45, 2.75) is 19.9 Å². The summed E-state index contributed by atoms with van der Waals surface area (Å²) in [5.74, 6) is 0.839. The van der Waals surface area contributed by atoms with Gasteiger partial charge in [0.05, 0.1) is 23.0 Å². The average Bonchev–Trinajstić information content (AvgIpc) is 2.62. The van der Waals surface area contributed by atoms with Gasteiger partial charge in [-0.15, -0.1) is 0 Å². The molecule has 0 radical (unpaired) electrons. The fourth-order valence-electron chi connectivity index (χ4n) is 2.76. The first-order valence-electron chi connectivity index (χ1n) is 8.39. The Kier molecular flexibility index (Phi) is 4.71. The van der Waals surface area contributed by atoms with Gasteiger partial charge in [-0.3, -0.25) is 4.79 Å². The first kappa shape index (κ1) is 17.6. The maximum atomic E-state index is 12.1. The van der Waals surface area contributed by atoms with E-state index in [1.807, 2.05) is 63.2 Å². The zero-order chi connectivity index (χ0) is 18.8. The van der Waals surface area contributed by atoms with Crippen molar-refractivity contribution < 1.29 is 0 Å². The lowest BCUT2D eigenvalue weighted by Crippen LogP contribution is -2.24. The molecule has 7 heteroatoms. The third-order valence-corrected chi connectivity index (χ3v) is 3.95. The second-order valence-electron chi connectivity index (χ2n) is 6.48. The minimum atomic E-state index is -0.146. The van der Waals surface area contributed by atoms with Crippen LogP contribution in [0.25, 0.3) is 22.5 Å². The van der Waals surface area contributed by atoms with Crippen molar-refractivity contribution >= 4 is 11.8 Å². The van der Waals surface area contributed by atoms with Gasteiger partial charge in [-0.1, -0.05) is 30.3 Å². The molecular formula is C19H22N6O. The summed E-state index contributed by atoms with van der Waals surface area (Å²) in [6, 6.07) is 12.9. The van der Waals surface area contributed by atoms with E-state index in [0.717, 1.165) is 11.1 Å². The second-order valence-corrected chi connectivity index (χ2v) is 6.48. The van der Waals surface area contributed by atoms with Crippen LogP contribution < -0.4 is 16.2 Å². The highest BCUT2D eigenvalue weighted by molar-refractivity contribution is 5.87. The van der Waals surface area contributed by atoms with Crippen LogP contribution in [-0.4, -0.2) is 33.8 Å². The van der Waals surface area contributed by atoms with Crippen LogP contribution in [0.1, 0.15) is 19.9 Å². The molecule has 7 nitrogen and oxygen atoms in total. The molecule has 0 spiro atoms. The molecular weight excluding hydrogens is 328 g/mol. The Morgan fingerprint density at radius 2 is 1.73 bits per heavy atom. The van der Waals surface area contributed by atoms with Gasteiger partial charge in [0.25, 0.3) is 5.56 Å². The lowest BCUT2D eigenvalue weighted by Gasteiger charge is -2.20. The SMILES string of the molecule is CC(C)n1nc(-c2c(-c3ccccc3)nc(N)nc2N(C)C)ccc1=O. The Balaban J connectivity index is 2.36. The molecule has 3 aromatic rings. The number of anilines is 2. The molecule has 0 unspecified atom stereocenters. The van der Waals surface area contributed by atoms with E-state index in [1.165, 1.54) is 10.7 Å². The monoisotopic (exact) mass is 350 g/mol. The highest BCUT2D eigenvalue weighted by Crippen LogP contribution is 2.36. The van der Waals surface area contributed by atoms with Crippen molar-refractivity contribution in [2.75, 3.05) is 24.7 Å². The number of aromatic nitrogens is 4. The van der Waals surface area contributed by atoms with Crippen molar-refractivity contribution in [1.82, 2.24) is 19.7 Å². The van der Waals surface area contributed by atoms with Crippen LogP contribution in [0.3, 0.4) is 0 Å². The summed E-state index contributed by atoms with van der Waals surface area (Å²) in [6.45, 7) is 3.84. The molecule has 2 aromatic heterocycles. The van der Waals surface area contributed by atoms with E-state index in [4.69, 9.17) is 5.73 Å². The van der Waals surface area contributed by atoms with Crippen LogP contribution in [0.15, 0.2) is 47.3 Å². The van der Waals surface area contributed by atoms with Crippen LogP contribution in [0, 0.1) is 0 Å². The van der Waals surface area contributed by atoms with E-state index >= 15 is 0 Å². The molecule has 26 heavy (non-hydrogen) atoms. The van der Waals surface area contributed by atoms with Crippen LogP contribution in [0.2, 0.25) is 0 Å². The zero-order valence-electron chi connectivity index (χ0n) is 15.3. The number of benzene rings is 1. The van der Waals surface area contributed by atoms with Crippen molar-refractivity contribution in [3.05, 3.63) is 52.8 Å². The fourth-order valence-corrected chi connectivity index (χ4v) is 2.76. The van der Waals surface area contributed by atoms with Crippen molar-refractivity contribution in [2.24, 2.45) is 0 Å². The lowest BCUT2D eigenvalue weighted by atomic mass is 10.0. The molecule has 2 heterocycles. The number of nitrogens with two attached hydrogens (primary N) is 1. The van der Waals surface area contributed by atoms with Crippen LogP contribution in [0.5, 0.6) is 0 Å². The molecule has 0 amide bonds. The van der Waals surface area contributed by atoms with E-state index in [2.05, 4.69) is 15.1 Å². The smallest absolute Gasteiger partial charge is 0.267 e. The lowest BCUT2D eigenvalue weighted by molar-refractivity contribution is 0.505. The molecule has 0 fully saturated rings. The summed E-state index contributed by atoms with van der Waals surface area (Å²) < 4.78 is 1.46. The van der Waals surface area contributed by atoms with Crippen LogP contribution >= 0.6 is 0 Å². The summed E-state index contributed by atoms with van der Waals surface area (Å²) in [5, 5.41) is 4.56. The van der Waals surface area contributed by atoms with Crippen molar-refractivity contribution in [1.29, 1.82) is 0 Å². The molecule has 0 aliphatic rings. The Bertz CT molecular complexity index is 979. The third-order valence-electron chi connectivity index (χ3n) is 3.95. The molecule has 0 aliphatic carbocycles. The highest BCUT2D eigenvalue weighted by Gasteiger charge is 2.20. The first-order chi connectivity index (χ1) is 12.4. The number of nitrogen functional groups attached to an aromatic ring is 1. The molecule has 0 saturated heterocycles. The van der Waals surface area contributed by atoms with E-state index in [-0.39, 0.29) is 17.5 Å². The van der Waals surface area contributed by atoms with Gasteiger partial charge in [0.2, 0.25) is 5.95 Å². The van der Waals surface area contributed by atoms with Gasteiger partial charge in [-0.05, 0) is 19.9 Å². The normalized spacial score (nSPS) is 11.0.